The van der Waals surface area contributed by atoms with Crippen molar-refractivity contribution in [3.8, 4) is 5.75 Å². The molecule has 0 spiro atoms. The van der Waals surface area contributed by atoms with E-state index in [1.807, 2.05) is 127 Å². The molecule has 1 aromatic heterocycles. The first-order chi connectivity index (χ1) is 25.6. The molecule has 0 aliphatic carbocycles. The molecule has 0 saturated carbocycles. The number of carbonyl (C=O) groups is 3. The maximum absolute atomic E-state index is 14.1. The van der Waals surface area contributed by atoms with Crippen LogP contribution in [0, 0.1) is 5.92 Å². The molecular weight excluding hydrogens is 759 g/mol. The summed E-state index contributed by atoms with van der Waals surface area (Å²) in [4.78, 5) is 46.4. The maximum atomic E-state index is 14.1. The van der Waals surface area contributed by atoms with Gasteiger partial charge < -0.3 is 9.64 Å². The second-order valence-corrected chi connectivity index (χ2v) is 18.8. The number of pyridine rings is 1. The Hall–Kier alpha value is -4.07. The normalized spacial score (nSPS) is 13.0. The molecule has 1 heterocycles. The van der Waals surface area contributed by atoms with E-state index in [1.165, 1.54) is 5.56 Å². The van der Waals surface area contributed by atoms with Crippen molar-refractivity contribution in [1.82, 2.24) is 9.88 Å². The summed E-state index contributed by atoms with van der Waals surface area (Å²) >= 11 is 0.823. The summed E-state index contributed by atoms with van der Waals surface area (Å²) in [5.74, 6) is 0.720. The molecule has 1 amide bonds. The van der Waals surface area contributed by atoms with Crippen LogP contribution in [-0.2, 0) is 39.3 Å². The number of benzene rings is 3. The van der Waals surface area contributed by atoms with Gasteiger partial charge in [0.25, 0.3) is 5.91 Å². The molecule has 3 aromatic carbocycles. The molecule has 287 valence electrons. The zero-order chi connectivity index (χ0) is 39.3. The van der Waals surface area contributed by atoms with Crippen molar-refractivity contribution >= 4 is 48.6 Å². The number of thioether (sulfide) groups is 1. The van der Waals surface area contributed by atoms with Crippen LogP contribution >= 0.6 is 11.8 Å². The third kappa shape index (κ3) is 14.6. The van der Waals surface area contributed by atoms with Gasteiger partial charge in [0.05, 0.1) is 7.11 Å². The molecule has 8 nitrogen and oxygen atoms in total. The van der Waals surface area contributed by atoms with Crippen LogP contribution in [0.1, 0.15) is 80.6 Å². The molecule has 2 unspecified atom stereocenters. The Labute approximate surface area is 332 Å². The van der Waals surface area contributed by atoms with Crippen molar-refractivity contribution in [2.75, 3.05) is 20.7 Å². The predicted octanol–water partition coefficient (Wildman–Crippen LogP) is 8.10. The molecule has 0 aliphatic rings. The van der Waals surface area contributed by atoms with E-state index in [4.69, 9.17) is 14.2 Å². The summed E-state index contributed by atoms with van der Waals surface area (Å²) in [5.41, 5.74) is 3.67. The molecule has 4 rings (SSSR count). The Kier molecular flexibility index (Phi) is 15.8. The molecule has 4 aromatic rings. The predicted molar refractivity (Wildman–Crippen MR) is 219 cm³/mol. The number of hydrogen-bond donors (Lipinski definition) is 0. The Morgan fingerprint density at radius 3 is 2.07 bits per heavy atom. The fraction of sp³-hybridized carbons (Fsp3) is 0.409. The van der Waals surface area contributed by atoms with Crippen LogP contribution in [0.15, 0.2) is 97.2 Å². The zero-order valence-electron chi connectivity index (χ0n) is 32.8. The van der Waals surface area contributed by atoms with E-state index in [0.717, 1.165) is 28.9 Å². The van der Waals surface area contributed by atoms with Crippen LogP contribution in [0.3, 0.4) is 0 Å². The number of nitrogens with zero attached hydrogens (tertiary/aromatic N) is 2. The first kappa shape index (κ1) is 42.7. The Morgan fingerprint density at radius 1 is 0.778 bits per heavy atom. The van der Waals surface area contributed by atoms with Gasteiger partial charge in [-0.3, -0.25) is 4.79 Å². The second-order valence-electron chi connectivity index (χ2n) is 15.4. The van der Waals surface area contributed by atoms with Crippen LogP contribution in [0.5, 0.6) is 5.75 Å². The number of ether oxygens (including phenoxy) is 3. The first-order valence-corrected chi connectivity index (χ1v) is 21.3. The number of rotatable bonds is 17. The van der Waals surface area contributed by atoms with Crippen LogP contribution in [0.2, 0.25) is 0 Å². The van der Waals surface area contributed by atoms with E-state index < -0.39 is 32.9 Å². The quantitative estimate of drug-likeness (QED) is 0.0781. The molecule has 10 heteroatoms. The Balaban J connectivity index is 1.55. The van der Waals surface area contributed by atoms with Crippen LogP contribution in [0.4, 0.5) is 4.79 Å². The minimum atomic E-state index is -0.909. The van der Waals surface area contributed by atoms with Gasteiger partial charge >= 0.3 is 239 Å². The standard InChI is InChI=1S/C44H54AsN2O6S/c1-43(2,3)52-41(49)37(28-34-20-24-39(46-29-34)45-42(50)53-44(4,5)6)38(54-30-33-17-21-36(51-8)22-18-33)23-19-32-15-12-16-35(27-32)40(48)47(7)26-25-31-13-10-9-11-14-31/h9-18,20-22,24,27,29,37-38H,19,23,25-26,28,30H2,1-8H3. The van der Waals surface area contributed by atoms with E-state index in [9.17, 15) is 14.4 Å². The van der Waals surface area contributed by atoms with Crippen molar-refractivity contribution in [2.24, 2.45) is 5.92 Å². The topological polar surface area (TPSA) is 95.0 Å². The summed E-state index contributed by atoms with van der Waals surface area (Å²) < 4.78 is 17.4. The molecule has 0 N–H and O–H groups in total. The number of esters is 1. The Bertz CT molecular complexity index is 1800. The van der Waals surface area contributed by atoms with E-state index in [-0.39, 0.29) is 21.9 Å². The first-order valence-electron chi connectivity index (χ1n) is 18.3. The SMILES string of the molecule is COc1ccc(CSC(CCc2cccc(C(=O)N(C)CCc3ccccc3)c2)C(Cc2ccc([As]C(=O)OC(C)(C)C)nc2)C(=O)OC(C)(C)C)cc1. The van der Waals surface area contributed by atoms with Gasteiger partial charge in [-0.05, 0) is 18.1 Å². The van der Waals surface area contributed by atoms with Crippen molar-refractivity contribution in [3.63, 3.8) is 0 Å². The Morgan fingerprint density at radius 2 is 1.44 bits per heavy atom. The van der Waals surface area contributed by atoms with Crippen molar-refractivity contribution in [3.05, 3.63) is 125 Å². The van der Waals surface area contributed by atoms with Gasteiger partial charge in [-0.15, -0.1) is 0 Å². The summed E-state index contributed by atoms with van der Waals surface area (Å²) in [6.07, 6.45) is 4.33. The van der Waals surface area contributed by atoms with Crippen LogP contribution in [-0.4, -0.2) is 79.4 Å². The van der Waals surface area contributed by atoms with Crippen LogP contribution in [0.25, 0.3) is 0 Å². The molecule has 0 bridgehead atoms. The number of hydrogen-bond acceptors (Lipinski definition) is 8. The summed E-state index contributed by atoms with van der Waals surface area (Å²) in [7, 11) is 3.49. The summed E-state index contributed by atoms with van der Waals surface area (Å²) in [6.45, 7) is 11.8. The molecule has 1 radical (unpaired) electrons. The fourth-order valence-corrected chi connectivity index (χ4v) is 8.68. The van der Waals surface area contributed by atoms with Crippen molar-refractivity contribution in [2.45, 2.75) is 89.4 Å². The number of carbonyl (C=O) groups excluding carboxylic acids is 3. The molecular formula is C44H54AsN2O6S. The number of aromatic nitrogens is 1. The fourth-order valence-electron chi connectivity index (χ4n) is 5.74. The minimum absolute atomic E-state index is 0.0190. The van der Waals surface area contributed by atoms with Gasteiger partial charge in [0.1, 0.15) is 5.75 Å². The van der Waals surface area contributed by atoms with Crippen molar-refractivity contribution < 1.29 is 28.6 Å². The van der Waals surface area contributed by atoms with E-state index >= 15 is 0 Å². The molecule has 0 aliphatic heterocycles. The average Bonchev–Trinajstić information content (AvgIpc) is 3.12. The number of amides is 1. The number of methoxy groups -OCH3 is 1. The monoisotopic (exact) mass is 813 g/mol. The third-order valence-corrected chi connectivity index (χ3v) is 11.6. The molecule has 0 saturated heterocycles. The van der Waals surface area contributed by atoms with Gasteiger partial charge in [0, 0.05) is 13.6 Å². The summed E-state index contributed by atoms with van der Waals surface area (Å²) in [6, 6.07) is 29.8. The van der Waals surface area contributed by atoms with Gasteiger partial charge in [0.2, 0.25) is 0 Å². The second kappa shape index (κ2) is 20.0. The van der Waals surface area contributed by atoms with Gasteiger partial charge in [-0.2, -0.15) is 0 Å². The van der Waals surface area contributed by atoms with E-state index in [1.54, 1.807) is 30.0 Å². The van der Waals surface area contributed by atoms with E-state index in [2.05, 4.69) is 17.1 Å². The number of aryl methyl sites for hydroxylation is 1. The molecule has 54 heavy (non-hydrogen) atoms. The van der Waals surface area contributed by atoms with Gasteiger partial charge in [-0.25, -0.2) is 0 Å². The third-order valence-electron chi connectivity index (χ3n) is 8.46. The van der Waals surface area contributed by atoms with Gasteiger partial charge in [-0.1, -0.05) is 30.3 Å². The zero-order valence-corrected chi connectivity index (χ0v) is 35.5. The van der Waals surface area contributed by atoms with Crippen molar-refractivity contribution in [1.29, 1.82) is 0 Å². The molecule has 0 fully saturated rings. The molecule has 2 atom stereocenters. The van der Waals surface area contributed by atoms with Crippen LogP contribution < -0.4 is 9.22 Å². The average molecular weight is 814 g/mol. The van der Waals surface area contributed by atoms with E-state index in [0.29, 0.717) is 41.6 Å². The van der Waals surface area contributed by atoms with Gasteiger partial charge in [0.15, 0.2) is 0 Å². The number of likely N-dealkylation sites (N-methyl/N-ethyl adjacent to an activating group) is 1. The summed E-state index contributed by atoms with van der Waals surface area (Å²) in [5, 5.41) is -0.123.